The second-order valence-corrected chi connectivity index (χ2v) is 10.9. The van der Waals surface area contributed by atoms with Crippen molar-refractivity contribution in [3.63, 3.8) is 0 Å². The van der Waals surface area contributed by atoms with Crippen molar-refractivity contribution in [2.24, 2.45) is 16.1 Å². The zero-order valence-corrected chi connectivity index (χ0v) is 27.6. The number of hydrogen-bond donors (Lipinski definition) is 2. The van der Waals surface area contributed by atoms with Crippen molar-refractivity contribution in [2.45, 2.75) is 46.0 Å². The first kappa shape index (κ1) is 32.4. The molecule has 2 aromatic carbocycles. The van der Waals surface area contributed by atoms with Crippen LogP contribution in [-0.4, -0.2) is 29.7 Å². The van der Waals surface area contributed by atoms with E-state index in [4.69, 9.17) is 5.73 Å². The molecule has 1 heterocycles. The summed E-state index contributed by atoms with van der Waals surface area (Å²) in [5.41, 5.74) is 10.8. The van der Waals surface area contributed by atoms with Gasteiger partial charge in [0.25, 0.3) is 11.8 Å². The number of nitrogens with one attached hydrogen (secondary N) is 1. The molecule has 0 radical (unpaired) electrons. The second kappa shape index (κ2) is 13.2. The molecule has 3 aromatic rings. The van der Waals surface area contributed by atoms with Crippen LogP contribution in [0.15, 0.2) is 71.9 Å². The number of anilines is 1. The van der Waals surface area contributed by atoms with Gasteiger partial charge in [0, 0.05) is 22.9 Å². The molecule has 204 valence electrons. The van der Waals surface area contributed by atoms with Crippen LogP contribution in [0.25, 0.3) is 22.1 Å². The first-order valence-corrected chi connectivity index (χ1v) is 13.1. The molecular formula is C32H33KN6O2. The Balaban J connectivity index is 0.00000462. The van der Waals surface area contributed by atoms with Gasteiger partial charge in [-0.1, -0.05) is 31.2 Å². The number of aromatic nitrogens is 1. The third-order valence-electron chi connectivity index (χ3n) is 7.18. The Bertz CT molecular complexity index is 1580. The molecule has 1 fully saturated rings. The van der Waals surface area contributed by atoms with E-state index in [1.807, 2.05) is 56.3 Å². The minimum Gasteiger partial charge on any atom is -0.686 e. The van der Waals surface area contributed by atoms with Crippen molar-refractivity contribution in [1.29, 1.82) is 5.26 Å². The smallest absolute Gasteiger partial charge is 0.686 e. The summed E-state index contributed by atoms with van der Waals surface area (Å²) < 4.78 is 0. The van der Waals surface area contributed by atoms with Gasteiger partial charge in [0.2, 0.25) is 0 Å². The fourth-order valence-electron chi connectivity index (χ4n) is 4.13. The van der Waals surface area contributed by atoms with Crippen LogP contribution in [-0.2, 0) is 10.2 Å². The topological polar surface area (TPSA) is 135 Å². The molecule has 0 spiro atoms. The number of nitrogens with zero attached hydrogens (tertiary/aromatic N) is 4. The van der Waals surface area contributed by atoms with Crippen LogP contribution in [0.4, 0.5) is 5.69 Å². The van der Waals surface area contributed by atoms with Crippen LogP contribution in [0.5, 0.6) is 0 Å². The number of amides is 2. The molecule has 1 aliphatic rings. The number of nitriles is 1. The molecule has 1 aromatic heterocycles. The number of benzene rings is 2. The summed E-state index contributed by atoms with van der Waals surface area (Å²) in [6.45, 7) is 7.42. The normalized spacial score (nSPS) is 14.3. The average molecular weight is 573 g/mol. The molecule has 0 saturated heterocycles. The van der Waals surface area contributed by atoms with E-state index in [-0.39, 0.29) is 74.4 Å². The summed E-state index contributed by atoms with van der Waals surface area (Å²) in [5.74, 6) is -0.362. The van der Waals surface area contributed by atoms with E-state index < -0.39 is 5.41 Å². The summed E-state index contributed by atoms with van der Waals surface area (Å²) in [7, 11) is 1.67. The van der Waals surface area contributed by atoms with E-state index >= 15 is 0 Å². The Labute approximate surface area is 284 Å². The van der Waals surface area contributed by atoms with E-state index in [0.29, 0.717) is 22.6 Å². The zero-order chi connectivity index (χ0) is 29.1. The van der Waals surface area contributed by atoms with Gasteiger partial charge in [0.05, 0.1) is 17.2 Å². The molecular weight excluding hydrogens is 539 g/mol. The molecule has 8 nitrogen and oxygen atoms in total. The van der Waals surface area contributed by atoms with Gasteiger partial charge in [-0.05, 0) is 92.3 Å². The minimum atomic E-state index is -0.808. The Morgan fingerprint density at radius 1 is 1.15 bits per heavy atom. The van der Waals surface area contributed by atoms with Gasteiger partial charge in [-0.2, -0.15) is 10.3 Å². The van der Waals surface area contributed by atoms with Crippen molar-refractivity contribution in [2.75, 3.05) is 12.4 Å². The molecule has 4 rings (SSSR count). The van der Waals surface area contributed by atoms with Gasteiger partial charge in [-0.3, -0.25) is 14.6 Å². The monoisotopic (exact) mass is 572 g/mol. The predicted octanol–water partition coefficient (Wildman–Crippen LogP) is 3.14. The summed E-state index contributed by atoms with van der Waals surface area (Å²) in [6.07, 6.45) is 4.82. The SMILES string of the molecule is C[N-]/C(=C\C(N)=NC(=O)C1(C)CC1)c1cccc(-c2cc(NC(=O)c3ccnc(C(C)(C)C#N)c3)ccc2C)c1.[K+]. The number of carbonyl (C=O) groups excluding carboxylic acids is 2. The number of pyridine rings is 1. The fraction of sp³-hybridized carbons (Fsp3) is 0.281. The van der Waals surface area contributed by atoms with Crippen LogP contribution < -0.4 is 62.4 Å². The molecule has 0 bridgehead atoms. The van der Waals surface area contributed by atoms with Gasteiger partial charge >= 0.3 is 51.4 Å². The molecule has 1 aliphatic carbocycles. The summed E-state index contributed by atoms with van der Waals surface area (Å²) in [5, 5.41) is 16.8. The van der Waals surface area contributed by atoms with Gasteiger partial charge in [-0.15, -0.1) is 12.7 Å². The van der Waals surface area contributed by atoms with Crippen molar-refractivity contribution in [3.05, 3.63) is 94.6 Å². The van der Waals surface area contributed by atoms with Gasteiger partial charge in [0.15, 0.2) is 0 Å². The van der Waals surface area contributed by atoms with Crippen LogP contribution in [0.3, 0.4) is 0 Å². The van der Waals surface area contributed by atoms with Crippen LogP contribution in [0, 0.1) is 23.7 Å². The fourth-order valence-corrected chi connectivity index (χ4v) is 4.13. The molecule has 1 saturated carbocycles. The van der Waals surface area contributed by atoms with Crippen molar-refractivity contribution in [3.8, 4) is 17.2 Å². The van der Waals surface area contributed by atoms with Gasteiger partial charge in [-0.25, -0.2) is 0 Å². The first-order valence-electron chi connectivity index (χ1n) is 13.1. The van der Waals surface area contributed by atoms with Crippen LogP contribution in [0.1, 0.15) is 60.8 Å². The second-order valence-electron chi connectivity index (χ2n) is 10.9. The maximum atomic E-state index is 13.1. The van der Waals surface area contributed by atoms with Crippen LogP contribution >= 0.6 is 0 Å². The first-order chi connectivity index (χ1) is 19.0. The number of hydrogen-bond acceptors (Lipinski definition) is 4. The zero-order valence-electron chi connectivity index (χ0n) is 24.4. The third kappa shape index (κ3) is 7.79. The molecule has 41 heavy (non-hydrogen) atoms. The summed E-state index contributed by atoms with van der Waals surface area (Å²) >= 11 is 0. The van der Waals surface area contributed by atoms with Crippen molar-refractivity contribution in [1.82, 2.24) is 4.98 Å². The maximum Gasteiger partial charge on any atom is 1.00 e. The Hall–Kier alpha value is -3.13. The number of aliphatic imine (C=N–C) groups is 1. The van der Waals surface area contributed by atoms with E-state index in [9.17, 15) is 14.9 Å². The Morgan fingerprint density at radius 2 is 1.88 bits per heavy atom. The quantitative estimate of drug-likeness (QED) is 0.243. The standard InChI is InChI=1S/C32H34N6O2.K/c1-20-9-10-24(37-29(39)23-11-14-36-27(16-23)31(2,3)19-33)17-25(20)21-7-6-8-22(15-21)26(35-5)18-28(34)38-30(40)32(4)12-13-32;/h6-11,14-18H,12-13H2,1-5H3,(H4,34,35,37,38,39,40);/q;+1/p-1. The maximum absolute atomic E-state index is 13.1. The number of rotatable bonds is 8. The minimum absolute atomic E-state index is 0. The van der Waals surface area contributed by atoms with Crippen LogP contribution in [0.2, 0.25) is 0 Å². The van der Waals surface area contributed by atoms with Crippen molar-refractivity contribution >= 4 is 29.0 Å². The van der Waals surface area contributed by atoms with Crippen molar-refractivity contribution < 1.29 is 61.0 Å². The molecule has 2 amide bonds. The number of nitrogens with two attached hydrogens (primary N) is 1. The summed E-state index contributed by atoms with van der Waals surface area (Å²) in [4.78, 5) is 33.7. The Morgan fingerprint density at radius 3 is 2.54 bits per heavy atom. The molecule has 0 aliphatic heterocycles. The van der Waals surface area contributed by atoms with E-state index in [2.05, 4.69) is 26.7 Å². The van der Waals surface area contributed by atoms with Gasteiger partial charge < -0.3 is 16.4 Å². The average Bonchev–Trinajstić information content (AvgIpc) is 3.71. The van der Waals surface area contributed by atoms with E-state index in [1.54, 1.807) is 45.3 Å². The van der Waals surface area contributed by atoms with Gasteiger partial charge in [0.1, 0.15) is 5.84 Å². The number of amidine groups is 1. The molecule has 0 atom stereocenters. The third-order valence-corrected chi connectivity index (χ3v) is 7.18. The van der Waals surface area contributed by atoms with E-state index in [1.165, 1.54) is 0 Å². The predicted molar refractivity (Wildman–Crippen MR) is 159 cm³/mol. The molecule has 0 unspecified atom stereocenters. The Kier molecular flexibility index (Phi) is 10.5. The molecule has 9 heteroatoms. The number of aryl methyl sites for hydroxylation is 1. The number of carbonyl (C=O) groups is 2. The largest absolute Gasteiger partial charge is 1.00 e. The molecule has 3 N–H and O–H groups in total. The summed E-state index contributed by atoms with van der Waals surface area (Å²) in [6, 6.07) is 19.0. The van der Waals surface area contributed by atoms with E-state index in [0.717, 1.165) is 35.1 Å².